The summed E-state index contributed by atoms with van der Waals surface area (Å²) in [6.45, 7) is 0.585. The second kappa shape index (κ2) is 3.14. The van der Waals surface area contributed by atoms with Gasteiger partial charge in [-0.05, 0) is 25.7 Å². The van der Waals surface area contributed by atoms with Crippen LogP contribution in [-0.4, -0.2) is 23.3 Å². The van der Waals surface area contributed by atoms with Crippen LogP contribution >= 0.6 is 0 Å². The fourth-order valence-electron chi connectivity index (χ4n) is 2.32. The zero-order chi connectivity index (χ0) is 9.31. The van der Waals surface area contributed by atoms with Gasteiger partial charge in [-0.1, -0.05) is 12.2 Å². The highest BCUT2D eigenvalue weighted by atomic mass is 16.5. The normalized spacial score (nSPS) is 38.3. The molecule has 0 radical (unpaired) electrons. The smallest absolute Gasteiger partial charge is 0.309 e. The monoisotopic (exact) mass is 182 g/mol. The third-order valence-electron chi connectivity index (χ3n) is 3.00. The Morgan fingerprint density at radius 1 is 1.62 bits per heavy atom. The Balaban J connectivity index is 2.23. The SMILES string of the molecule is O=C(O)C1CCOC12C=CCCC2. The third kappa shape index (κ3) is 1.37. The van der Waals surface area contributed by atoms with Crippen LogP contribution in [0.4, 0.5) is 0 Å². The number of allylic oxidation sites excluding steroid dienone is 1. The van der Waals surface area contributed by atoms with Crippen molar-refractivity contribution in [3.8, 4) is 0 Å². The highest BCUT2D eigenvalue weighted by Gasteiger charge is 2.46. The van der Waals surface area contributed by atoms with Gasteiger partial charge in [-0.2, -0.15) is 0 Å². The zero-order valence-corrected chi connectivity index (χ0v) is 7.53. The maximum absolute atomic E-state index is 11.0. The van der Waals surface area contributed by atoms with Crippen LogP contribution in [0.15, 0.2) is 12.2 Å². The van der Waals surface area contributed by atoms with Gasteiger partial charge in [-0.25, -0.2) is 0 Å². The second-order valence-corrected chi connectivity index (χ2v) is 3.78. The third-order valence-corrected chi connectivity index (χ3v) is 3.00. The van der Waals surface area contributed by atoms with Crippen LogP contribution in [-0.2, 0) is 9.53 Å². The van der Waals surface area contributed by atoms with E-state index in [0.29, 0.717) is 13.0 Å². The molecule has 1 heterocycles. The first kappa shape index (κ1) is 8.75. The number of aliphatic carboxylic acids is 1. The molecule has 1 N–H and O–H groups in total. The van der Waals surface area contributed by atoms with E-state index in [1.54, 1.807) is 0 Å². The summed E-state index contributed by atoms with van der Waals surface area (Å²) in [5.41, 5.74) is -0.468. The van der Waals surface area contributed by atoms with Crippen molar-refractivity contribution in [1.82, 2.24) is 0 Å². The molecule has 3 nitrogen and oxygen atoms in total. The molecule has 0 aromatic heterocycles. The minimum Gasteiger partial charge on any atom is -0.481 e. The average molecular weight is 182 g/mol. The summed E-state index contributed by atoms with van der Waals surface area (Å²) >= 11 is 0. The Bertz CT molecular complexity index is 247. The summed E-state index contributed by atoms with van der Waals surface area (Å²) in [4.78, 5) is 11.0. The van der Waals surface area contributed by atoms with Gasteiger partial charge in [0.15, 0.2) is 0 Å². The molecule has 2 atom stereocenters. The maximum atomic E-state index is 11.0. The van der Waals surface area contributed by atoms with Gasteiger partial charge >= 0.3 is 5.97 Å². The number of hydrogen-bond donors (Lipinski definition) is 1. The van der Waals surface area contributed by atoms with Crippen LogP contribution in [0, 0.1) is 5.92 Å². The lowest BCUT2D eigenvalue weighted by molar-refractivity contribution is -0.146. The molecule has 1 aliphatic heterocycles. The van der Waals surface area contributed by atoms with Gasteiger partial charge in [-0.15, -0.1) is 0 Å². The molecule has 1 fully saturated rings. The summed E-state index contributed by atoms with van der Waals surface area (Å²) in [7, 11) is 0. The minimum atomic E-state index is -0.718. The van der Waals surface area contributed by atoms with E-state index < -0.39 is 11.6 Å². The maximum Gasteiger partial charge on any atom is 0.309 e. The predicted octanol–water partition coefficient (Wildman–Crippen LogP) is 1.59. The Kier molecular flexibility index (Phi) is 2.12. The topological polar surface area (TPSA) is 46.5 Å². The molecular weight excluding hydrogens is 168 g/mol. The molecule has 1 saturated heterocycles. The van der Waals surface area contributed by atoms with Crippen LogP contribution < -0.4 is 0 Å². The largest absolute Gasteiger partial charge is 0.481 e. The molecule has 3 heteroatoms. The molecule has 13 heavy (non-hydrogen) atoms. The number of ether oxygens (including phenoxy) is 1. The lowest BCUT2D eigenvalue weighted by Crippen LogP contribution is -2.38. The van der Waals surface area contributed by atoms with Gasteiger partial charge in [0, 0.05) is 6.61 Å². The zero-order valence-electron chi connectivity index (χ0n) is 7.53. The van der Waals surface area contributed by atoms with E-state index in [-0.39, 0.29) is 5.92 Å². The van der Waals surface area contributed by atoms with Gasteiger partial charge in [0.05, 0.1) is 11.5 Å². The molecule has 2 unspecified atom stereocenters. The molecule has 0 amide bonds. The van der Waals surface area contributed by atoms with Crippen molar-refractivity contribution in [3.63, 3.8) is 0 Å². The number of carboxylic acids is 1. The molecule has 1 aliphatic carbocycles. The van der Waals surface area contributed by atoms with Crippen molar-refractivity contribution in [3.05, 3.63) is 12.2 Å². The Labute approximate surface area is 77.4 Å². The summed E-state index contributed by atoms with van der Waals surface area (Å²) in [6, 6.07) is 0. The van der Waals surface area contributed by atoms with Crippen molar-refractivity contribution >= 4 is 5.97 Å². The van der Waals surface area contributed by atoms with Gasteiger partial charge in [0.1, 0.15) is 0 Å². The van der Waals surface area contributed by atoms with Gasteiger partial charge in [0.25, 0.3) is 0 Å². The van der Waals surface area contributed by atoms with Crippen molar-refractivity contribution in [1.29, 1.82) is 0 Å². The quantitative estimate of drug-likeness (QED) is 0.626. The second-order valence-electron chi connectivity index (χ2n) is 3.78. The van der Waals surface area contributed by atoms with E-state index in [1.807, 2.05) is 12.2 Å². The number of carboxylic acid groups (broad SMARTS) is 1. The molecule has 0 bridgehead atoms. The average Bonchev–Trinajstić information content (AvgIpc) is 2.50. The summed E-state index contributed by atoms with van der Waals surface area (Å²) in [6.07, 6.45) is 7.62. The van der Waals surface area contributed by atoms with Crippen molar-refractivity contribution < 1.29 is 14.6 Å². The molecule has 0 aromatic rings. The lowest BCUT2D eigenvalue weighted by Gasteiger charge is -2.31. The predicted molar refractivity (Wildman–Crippen MR) is 47.4 cm³/mol. The number of hydrogen-bond acceptors (Lipinski definition) is 2. The Hall–Kier alpha value is -0.830. The molecule has 2 aliphatic rings. The van der Waals surface area contributed by atoms with Crippen LogP contribution in [0.25, 0.3) is 0 Å². The minimum absolute atomic E-state index is 0.330. The lowest BCUT2D eigenvalue weighted by atomic mass is 9.80. The first-order chi connectivity index (χ1) is 6.25. The molecule has 1 spiro atoms. The summed E-state index contributed by atoms with van der Waals surface area (Å²) < 4.78 is 5.59. The van der Waals surface area contributed by atoms with Crippen molar-refractivity contribution in [2.45, 2.75) is 31.3 Å². The van der Waals surface area contributed by atoms with E-state index in [1.165, 1.54) is 0 Å². The van der Waals surface area contributed by atoms with Gasteiger partial charge < -0.3 is 9.84 Å². The highest BCUT2D eigenvalue weighted by molar-refractivity contribution is 5.72. The Morgan fingerprint density at radius 2 is 2.46 bits per heavy atom. The number of rotatable bonds is 1. The van der Waals surface area contributed by atoms with Crippen molar-refractivity contribution in [2.24, 2.45) is 5.92 Å². The standard InChI is InChI=1S/C10H14O3/c11-9(12)8-4-7-13-10(8)5-2-1-3-6-10/h2,5,8H,1,3-4,6-7H2,(H,11,12). The van der Waals surface area contributed by atoms with E-state index in [2.05, 4.69) is 0 Å². The van der Waals surface area contributed by atoms with Crippen LogP contribution in [0.3, 0.4) is 0 Å². The fourth-order valence-corrected chi connectivity index (χ4v) is 2.32. The number of carbonyl (C=O) groups is 1. The van der Waals surface area contributed by atoms with Crippen molar-refractivity contribution in [2.75, 3.05) is 6.61 Å². The fraction of sp³-hybridized carbons (Fsp3) is 0.700. The van der Waals surface area contributed by atoms with E-state index in [0.717, 1.165) is 19.3 Å². The van der Waals surface area contributed by atoms with E-state index in [4.69, 9.17) is 9.84 Å². The first-order valence-electron chi connectivity index (χ1n) is 4.79. The molecular formula is C10H14O3. The highest BCUT2D eigenvalue weighted by Crippen LogP contribution is 2.40. The first-order valence-corrected chi connectivity index (χ1v) is 4.79. The van der Waals surface area contributed by atoms with Gasteiger partial charge in [0.2, 0.25) is 0 Å². The molecule has 2 rings (SSSR count). The van der Waals surface area contributed by atoms with E-state index >= 15 is 0 Å². The Morgan fingerprint density at radius 3 is 3.08 bits per heavy atom. The molecule has 0 aromatic carbocycles. The summed E-state index contributed by atoms with van der Waals surface area (Å²) in [5, 5.41) is 9.02. The van der Waals surface area contributed by atoms with Crippen LogP contribution in [0.5, 0.6) is 0 Å². The van der Waals surface area contributed by atoms with Gasteiger partial charge in [-0.3, -0.25) is 4.79 Å². The molecule has 0 saturated carbocycles. The van der Waals surface area contributed by atoms with E-state index in [9.17, 15) is 4.79 Å². The summed E-state index contributed by atoms with van der Waals surface area (Å²) in [5.74, 6) is -1.05. The van der Waals surface area contributed by atoms with Crippen LogP contribution in [0.1, 0.15) is 25.7 Å². The molecule has 72 valence electrons. The van der Waals surface area contributed by atoms with Crippen LogP contribution in [0.2, 0.25) is 0 Å².